The van der Waals surface area contributed by atoms with Gasteiger partial charge in [-0.2, -0.15) is 0 Å². The Labute approximate surface area is 164 Å². The number of fused-ring (bicyclic) bond motifs is 1. The number of aromatic nitrogens is 2. The van der Waals surface area contributed by atoms with Crippen LogP contribution < -0.4 is 5.32 Å². The molecule has 3 rings (SSSR count). The van der Waals surface area contributed by atoms with Crippen molar-refractivity contribution in [3.05, 3.63) is 45.0 Å². The summed E-state index contributed by atoms with van der Waals surface area (Å²) in [7, 11) is 0. The topological polar surface area (TPSA) is 54.9 Å². The second kappa shape index (κ2) is 7.50. The zero-order valence-corrected chi connectivity index (χ0v) is 16.9. The van der Waals surface area contributed by atoms with Gasteiger partial charge in [-0.25, -0.2) is 9.97 Å². The van der Waals surface area contributed by atoms with E-state index >= 15 is 0 Å². The molecule has 1 amide bonds. The molecule has 0 saturated heterocycles. The Balaban J connectivity index is 1.83. The van der Waals surface area contributed by atoms with Crippen LogP contribution >= 0.6 is 46.3 Å². The predicted molar refractivity (Wildman–Crippen MR) is 107 cm³/mol. The van der Waals surface area contributed by atoms with E-state index in [4.69, 9.17) is 23.2 Å². The number of amides is 1. The molecule has 25 heavy (non-hydrogen) atoms. The molecule has 0 aliphatic carbocycles. The molecule has 4 nitrogen and oxygen atoms in total. The van der Waals surface area contributed by atoms with Gasteiger partial charge in [0, 0.05) is 10.3 Å². The molecule has 0 aliphatic heterocycles. The van der Waals surface area contributed by atoms with Gasteiger partial charge in [-0.3, -0.25) is 4.79 Å². The second-order valence-corrected chi connectivity index (χ2v) is 8.84. The van der Waals surface area contributed by atoms with Gasteiger partial charge in [-0.1, -0.05) is 41.0 Å². The number of carbonyl (C=O) groups is 1. The van der Waals surface area contributed by atoms with E-state index in [-0.39, 0.29) is 11.2 Å². The van der Waals surface area contributed by atoms with Gasteiger partial charge in [0.2, 0.25) is 5.91 Å². The maximum absolute atomic E-state index is 12.6. The van der Waals surface area contributed by atoms with Crippen LogP contribution in [0.25, 0.3) is 10.2 Å². The molecule has 1 N–H and O–H groups in total. The summed E-state index contributed by atoms with van der Waals surface area (Å²) < 4.78 is 0. The Morgan fingerprint density at radius 1 is 1.24 bits per heavy atom. The van der Waals surface area contributed by atoms with Gasteiger partial charge >= 0.3 is 0 Å². The number of halogens is 2. The molecular weight excluding hydrogens is 397 g/mol. The van der Waals surface area contributed by atoms with E-state index in [0.717, 1.165) is 20.8 Å². The molecule has 0 unspecified atom stereocenters. The first-order valence-electron chi connectivity index (χ1n) is 7.50. The number of hydrogen-bond acceptors (Lipinski definition) is 5. The van der Waals surface area contributed by atoms with Crippen LogP contribution in [0.3, 0.4) is 0 Å². The molecule has 0 spiro atoms. The Hall–Kier alpha value is -1.34. The van der Waals surface area contributed by atoms with Gasteiger partial charge in [0.1, 0.15) is 16.2 Å². The van der Waals surface area contributed by atoms with Gasteiger partial charge in [0.15, 0.2) is 0 Å². The summed E-state index contributed by atoms with van der Waals surface area (Å²) in [6, 6.07) is 5.11. The summed E-state index contributed by atoms with van der Waals surface area (Å²) in [6.07, 6.45) is 1.54. The van der Waals surface area contributed by atoms with Crippen LogP contribution in [-0.4, -0.2) is 21.1 Å². The zero-order valence-electron chi connectivity index (χ0n) is 13.8. The Morgan fingerprint density at radius 3 is 2.60 bits per heavy atom. The maximum Gasteiger partial charge on any atom is 0.237 e. The molecule has 2 aromatic heterocycles. The molecule has 2 heterocycles. The first-order valence-corrected chi connectivity index (χ1v) is 9.96. The highest BCUT2D eigenvalue weighted by atomic mass is 35.5. The first kappa shape index (κ1) is 18.5. The SMILES string of the molecule is Cc1sc2ncnc(S[C@H](C)C(=O)Nc3c(Cl)cccc3Cl)c2c1C. The number of anilines is 1. The average molecular weight is 412 g/mol. The minimum atomic E-state index is -0.370. The van der Waals surface area contributed by atoms with Gasteiger partial charge in [-0.15, -0.1) is 11.3 Å². The molecule has 0 aliphatic rings. The smallest absolute Gasteiger partial charge is 0.237 e. The second-order valence-electron chi connectivity index (χ2n) is 5.49. The van der Waals surface area contributed by atoms with Crippen LogP contribution in [0.4, 0.5) is 5.69 Å². The monoisotopic (exact) mass is 411 g/mol. The minimum Gasteiger partial charge on any atom is -0.323 e. The molecule has 8 heteroatoms. The van der Waals surface area contributed by atoms with Gasteiger partial charge in [0.05, 0.1) is 21.0 Å². The van der Waals surface area contributed by atoms with Gasteiger partial charge < -0.3 is 5.32 Å². The van der Waals surface area contributed by atoms with E-state index in [1.165, 1.54) is 23.0 Å². The summed E-state index contributed by atoms with van der Waals surface area (Å²) in [5, 5.41) is 5.07. The highest BCUT2D eigenvalue weighted by Gasteiger charge is 2.20. The Bertz CT molecular complexity index is 938. The number of nitrogens with zero attached hydrogens (tertiary/aromatic N) is 2. The van der Waals surface area contributed by atoms with Crippen molar-refractivity contribution in [2.24, 2.45) is 0 Å². The molecule has 1 aromatic carbocycles. The number of thioether (sulfide) groups is 1. The molecule has 130 valence electrons. The minimum absolute atomic E-state index is 0.184. The lowest BCUT2D eigenvalue weighted by Gasteiger charge is -2.14. The summed E-state index contributed by atoms with van der Waals surface area (Å²) in [5.41, 5.74) is 1.59. The third-order valence-corrected chi connectivity index (χ3v) is 6.64. The van der Waals surface area contributed by atoms with Crippen molar-refractivity contribution in [3.63, 3.8) is 0 Å². The lowest BCUT2D eigenvalue weighted by Crippen LogP contribution is -2.23. The number of aryl methyl sites for hydroxylation is 2. The third-order valence-electron chi connectivity index (χ3n) is 3.80. The Morgan fingerprint density at radius 2 is 1.92 bits per heavy atom. The van der Waals surface area contributed by atoms with E-state index in [9.17, 15) is 4.79 Å². The molecule has 1 atom stereocenters. The maximum atomic E-state index is 12.6. The molecule has 3 aromatic rings. The van der Waals surface area contributed by atoms with Crippen molar-refractivity contribution in [2.45, 2.75) is 31.0 Å². The summed E-state index contributed by atoms with van der Waals surface area (Å²) in [5.74, 6) is -0.184. The van der Waals surface area contributed by atoms with Crippen molar-refractivity contribution in [1.29, 1.82) is 0 Å². The van der Waals surface area contributed by atoms with Crippen LogP contribution in [0.2, 0.25) is 10.0 Å². The van der Waals surface area contributed by atoms with Gasteiger partial charge in [0.25, 0.3) is 0 Å². The number of nitrogens with one attached hydrogen (secondary N) is 1. The quantitative estimate of drug-likeness (QED) is 0.439. The van der Waals surface area contributed by atoms with Crippen molar-refractivity contribution in [3.8, 4) is 0 Å². The number of thiophene rings is 1. The highest BCUT2D eigenvalue weighted by Crippen LogP contribution is 2.36. The van der Waals surface area contributed by atoms with E-state index in [1.807, 2.05) is 6.92 Å². The fourth-order valence-corrected chi connectivity index (χ4v) is 4.83. The number of para-hydroxylation sites is 1. The normalized spacial score (nSPS) is 12.4. The zero-order chi connectivity index (χ0) is 18.1. The van der Waals surface area contributed by atoms with Crippen LogP contribution in [0.5, 0.6) is 0 Å². The fraction of sp³-hybridized carbons (Fsp3) is 0.235. The molecule has 0 saturated carbocycles. The number of benzene rings is 1. The van der Waals surface area contributed by atoms with E-state index in [0.29, 0.717) is 15.7 Å². The summed E-state index contributed by atoms with van der Waals surface area (Å²) >= 11 is 15.3. The molecule has 0 fully saturated rings. The Kier molecular flexibility index (Phi) is 5.53. The summed E-state index contributed by atoms with van der Waals surface area (Å²) in [6.45, 7) is 5.94. The first-order chi connectivity index (χ1) is 11.9. The van der Waals surface area contributed by atoms with Crippen LogP contribution in [0.15, 0.2) is 29.6 Å². The standard InChI is InChI=1S/C17H15Cl2N3OS2/c1-8-9(2)24-16-13(8)17(21-7-20-16)25-10(3)15(23)22-14-11(18)5-4-6-12(14)19/h4-7,10H,1-3H3,(H,22,23)/t10-/m1/s1. The van der Waals surface area contributed by atoms with Crippen molar-refractivity contribution in [1.82, 2.24) is 9.97 Å². The lowest BCUT2D eigenvalue weighted by atomic mass is 10.2. The lowest BCUT2D eigenvalue weighted by molar-refractivity contribution is -0.115. The van der Waals surface area contributed by atoms with E-state index in [2.05, 4.69) is 29.1 Å². The third kappa shape index (κ3) is 3.77. The van der Waals surface area contributed by atoms with E-state index < -0.39 is 0 Å². The molecule has 0 radical (unpaired) electrons. The van der Waals surface area contributed by atoms with Crippen LogP contribution in [-0.2, 0) is 4.79 Å². The number of carbonyl (C=O) groups excluding carboxylic acids is 1. The largest absolute Gasteiger partial charge is 0.323 e. The highest BCUT2D eigenvalue weighted by molar-refractivity contribution is 8.00. The number of rotatable bonds is 4. The number of hydrogen-bond donors (Lipinski definition) is 1. The summed E-state index contributed by atoms with van der Waals surface area (Å²) in [4.78, 5) is 23.4. The van der Waals surface area contributed by atoms with Gasteiger partial charge in [-0.05, 0) is 38.5 Å². The molecule has 0 bridgehead atoms. The van der Waals surface area contributed by atoms with E-state index in [1.54, 1.807) is 29.5 Å². The van der Waals surface area contributed by atoms with Crippen LogP contribution in [0, 0.1) is 13.8 Å². The van der Waals surface area contributed by atoms with Crippen molar-refractivity contribution < 1.29 is 4.79 Å². The van der Waals surface area contributed by atoms with Crippen molar-refractivity contribution >= 4 is 68.1 Å². The van der Waals surface area contributed by atoms with Crippen molar-refractivity contribution in [2.75, 3.05) is 5.32 Å². The predicted octanol–water partition coefficient (Wildman–Crippen LogP) is 5.73. The average Bonchev–Trinajstić information content (AvgIpc) is 2.86. The molecular formula is C17H15Cl2N3OS2. The fourth-order valence-electron chi connectivity index (χ4n) is 2.30. The van der Waals surface area contributed by atoms with Crippen LogP contribution in [0.1, 0.15) is 17.4 Å².